The standard InChI is InChI=1S/C19H15NO2/c21-19-15-7-3-2-6-14(15)18(22-19)20-16-8-4-1-5-13(16)11-17(20)12-9-10-12/h1-8,11-12,18H,9-10H2. The van der Waals surface area contributed by atoms with Gasteiger partial charge in [0.15, 0.2) is 0 Å². The molecule has 1 aromatic heterocycles. The minimum Gasteiger partial charge on any atom is -0.433 e. The van der Waals surface area contributed by atoms with E-state index in [1.807, 2.05) is 30.3 Å². The molecule has 1 aliphatic heterocycles. The van der Waals surface area contributed by atoms with Gasteiger partial charge in [-0.05, 0) is 37.0 Å². The number of hydrogen-bond donors (Lipinski definition) is 0. The predicted molar refractivity (Wildman–Crippen MR) is 83.9 cm³/mol. The Morgan fingerprint density at radius 2 is 1.77 bits per heavy atom. The van der Waals surface area contributed by atoms with E-state index >= 15 is 0 Å². The molecule has 3 nitrogen and oxygen atoms in total. The van der Waals surface area contributed by atoms with Gasteiger partial charge in [-0.15, -0.1) is 0 Å². The lowest BCUT2D eigenvalue weighted by Crippen LogP contribution is -2.12. The van der Waals surface area contributed by atoms with E-state index in [9.17, 15) is 4.79 Å². The first kappa shape index (κ1) is 12.0. The van der Waals surface area contributed by atoms with Gasteiger partial charge in [0.2, 0.25) is 6.23 Å². The summed E-state index contributed by atoms with van der Waals surface area (Å²) >= 11 is 0. The zero-order valence-corrected chi connectivity index (χ0v) is 12.0. The van der Waals surface area contributed by atoms with E-state index in [0.717, 1.165) is 11.1 Å². The topological polar surface area (TPSA) is 31.2 Å². The van der Waals surface area contributed by atoms with Crippen LogP contribution in [0, 0.1) is 0 Å². The van der Waals surface area contributed by atoms with Crippen molar-refractivity contribution in [3.8, 4) is 0 Å². The third-order valence-electron chi connectivity index (χ3n) is 4.67. The quantitative estimate of drug-likeness (QED) is 0.661. The van der Waals surface area contributed by atoms with E-state index in [2.05, 4.69) is 28.8 Å². The summed E-state index contributed by atoms with van der Waals surface area (Å²) in [4.78, 5) is 12.2. The zero-order valence-electron chi connectivity index (χ0n) is 12.0. The normalized spacial score (nSPS) is 20.2. The lowest BCUT2D eigenvalue weighted by molar-refractivity contribution is 0.0326. The molecule has 0 bridgehead atoms. The molecule has 108 valence electrons. The van der Waals surface area contributed by atoms with Crippen LogP contribution in [0.1, 0.15) is 46.6 Å². The minimum absolute atomic E-state index is 0.222. The van der Waals surface area contributed by atoms with Crippen LogP contribution < -0.4 is 0 Å². The largest absolute Gasteiger partial charge is 0.433 e. The average molecular weight is 289 g/mol. The molecular weight excluding hydrogens is 274 g/mol. The second-order valence-electron chi connectivity index (χ2n) is 6.12. The predicted octanol–water partition coefficient (Wildman–Crippen LogP) is 4.24. The molecule has 1 saturated carbocycles. The molecule has 3 aromatic rings. The molecule has 1 atom stereocenters. The summed E-state index contributed by atoms with van der Waals surface area (Å²) in [6.07, 6.45) is 2.11. The van der Waals surface area contributed by atoms with Crippen LogP contribution in [-0.2, 0) is 4.74 Å². The number of fused-ring (bicyclic) bond motifs is 2. The number of hydrogen-bond acceptors (Lipinski definition) is 2. The summed E-state index contributed by atoms with van der Waals surface area (Å²) < 4.78 is 7.95. The number of aromatic nitrogens is 1. The third-order valence-corrected chi connectivity index (χ3v) is 4.67. The summed E-state index contributed by atoms with van der Waals surface area (Å²) in [6, 6.07) is 18.3. The molecule has 1 aliphatic carbocycles. The molecule has 0 amide bonds. The summed E-state index contributed by atoms with van der Waals surface area (Å²) in [6.45, 7) is 0. The van der Waals surface area contributed by atoms with E-state index in [0.29, 0.717) is 11.5 Å². The number of nitrogens with zero attached hydrogens (tertiary/aromatic N) is 1. The lowest BCUT2D eigenvalue weighted by Gasteiger charge is -2.18. The highest BCUT2D eigenvalue weighted by atomic mass is 16.6. The highest BCUT2D eigenvalue weighted by molar-refractivity contribution is 5.94. The Morgan fingerprint density at radius 3 is 2.64 bits per heavy atom. The maximum absolute atomic E-state index is 12.2. The Kier molecular flexibility index (Phi) is 2.31. The summed E-state index contributed by atoms with van der Waals surface area (Å²) in [5, 5.41) is 1.21. The van der Waals surface area contributed by atoms with Crippen LogP contribution in [0.5, 0.6) is 0 Å². The van der Waals surface area contributed by atoms with Crippen LogP contribution in [0.4, 0.5) is 0 Å². The third kappa shape index (κ3) is 1.59. The molecule has 2 heterocycles. The van der Waals surface area contributed by atoms with E-state index in [4.69, 9.17) is 4.74 Å². The van der Waals surface area contributed by atoms with Gasteiger partial charge in [-0.25, -0.2) is 4.79 Å². The fraction of sp³-hybridized carbons (Fsp3) is 0.211. The first-order valence-corrected chi connectivity index (χ1v) is 7.73. The highest BCUT2D eigenvalue weighted by Gasteiger charge is 2.36. The number of carbonyl (C=O) groups excluding carboxylic acids is 1. The average Bonchev–Trinajstić information content (AvgIpc) is 3.25. The summed E-state index contributed by atoms with van der Waals surface area (Å²) in [5.41, 5.74) is 4.08. The minimum atomic E-state index is -0.334. The molecule has 2 aliphatic rings. The Labute approximate surface area is 128 Å². The van der Waals surface area contributed by atoms with E-state index < -0.39 is 0 Å². The number of carbonyl (C=O) groups is 1. The summed E-state index contributed by atoms with van der Waals surface area (Å²) in [7, 11) is 0. The second kappa shape index (κ2) is 4.23. The van der Waals surface area contributed by atoms with E-state index in [1.165, 1.54) is 23.9 Å². The monoisotopic (exact) mass is 289 g/mol. The van der Waals surface area contributed by atoms with E-state index in [-0.39, 0.29) is 12.2 Å². The van der Waals surface area contributed by atoms with Gasteiger partial charge in [0.05, 0.1) is 11.1 Å². The van der Waals surface area contributed by atoms with Crippen LogP contribution in [0.15, 0.2) is 54.6 Å². The van der Waals surface area contributed by atoms with Crippen LogP contribution in [0.3, 0.4) is 0 Å². The number of rotatable bonds is 2. The van der Waals surface area contributed by atoms with Crippen molar-refractivity contribution in [2.24, 2.45) is 0 Å². The van der Waals surface area contributed by atoms with Crippen LogP contribution in [0.2, 0.25) is 0 Å². The van der Waals surface area contributed by atoms with Crippen molar-refractivity contribution in [2.75, 3.05) is 0 Å². The van der Waals surface area contributed by atoms with Gasteiger partial charge in [-0.3, -0.25) is 0 Å². The van der Waals surface area contributed by atoms with Crippen molar-refractivity contribution < 1.29 is 9.53 Å². The van der Waals surface area contributed by atoms with Gasteiger partial charge < -0.3 is 9.30 Å². The Balaban J connectivity index is 1.77. The fourth-order valence-electron chi connectivity index (χ4n) is 3.47. The van der Waals surface area contributed by atoms with E-state index in [1.54, 1.807) is 0 Å². The number of esters is 1. The van der Waals surface area contributed by atoms with Crippen LogP contribution in [-0.4, -0.2) is 10.5 Å². The molecule has 22 heavy (non-hydrogen) atoms. The maximum atomic E-state index is 12.2. The molecule has 0 N–H and O–H groups in total. The number of para-hydroxylation sites is 1. The highest BCUT2D eigenvalue weighted by Crippen LogP contribution is 2.45. The van der Waals surface area contributed by atoms with Crippen LogP contribution >= 0.6 is 0 Å². The van der Waals surface area contributed by atoms with Crippen molar-refractivity contribution in [2.45, 2.75) is 25.0 Å². The van der Waals surface area contributed by atoms with Crippen molar-refractivity contribution in [1.82, 2.24) is 4.57 Å². The van der Waals surface area contributed by atoms with Crippen molar-refractivity contribution >= 4 is 16.9 Å². The smallest absolute Gasteiger partial charge is 0.340 e. The second-order valence-corrected chi connectivity index (χ2v) is 6.12. The van der Waals surface area contributed by atoms with Crippen molar-refractivity contribution in [1.29, 1.82) is 0 Å². The molecule has 0 radical (unpaired) electrons. The zero-order chi connectivity index (χ0) is 14.7. The number of cyclic esters (lactones) is 1. The Morgan fingerprint density at radius 1 is 1.00 bits per heavy atom. The Bertz CT molecular complexity index is 905. The SMILES string of the molecule is O=C1OC(n2c(C3CC3)cc3ccccc32)c2ccccc21. The number of ether oxygens (including phenoxy) is 1. The maximum Gasteiger partial charge on any atom is 0.340 e. The summed E-state index contributed by atoms with van der Waals surface area (Å²) in [5.74, 6) is 0.374. The molecule has 2 aromatic carbocycles. The first-order chi connectivity index (χ1) is 10.8. The van der Waals surface area contributed by atoms with Gasteiger partial charge in [0.25, 0.3) is 0 Å². The van der Waals surface area contributed by atoms with Crippen molar-refractivity contribution in [3.05, 3.63) is 71.4 Å². The fourth-order valence-corrected chi connectivity index (χ4v) is 3.47. The number of benzene rings is 2. The molecule has 1 fully saturated rings. The lowest BCUT2D eigenvalue weighted by atomic mass is 10.1. The van der Waals surface area contributed by atoms with Gasteiger partial charge >= 0.3 is 5.97 Å². The Hall–Kier alpha value is -2.55. The molecule has 5 rings (SSSR count). The first-order valence-electron chi connectivity index (χ1n) is 7.73. The molecular formula is C19H15NO2. The van der Waals surface area contributed by atoms with Crippen LogP contribution in [0.25, 0.3) is 10.9 Å². The molecule has 0 saturated heterocycles. The molecule has 0 spiro atoms. The van der Waals surface area contributed by atoms with Gasteiger partial charge in [-0.1, -0.05) is 36.4 Å². The van der Waals surface area contributed by atoms with Crippen molar-refractivity contribution in [3.63, 3.8) is 0 Å². The van der Waals surface area contributed by atoms with Gasteiger partial charge in [-0.2, -0.15) is 0 Å². The molecule has 1 unspecified atom stereocenters. The van der Waals surface area contributed by atoms with Gasteiger partial charge in [0, 0.05) is 16.6 Å². The van der Waals surface area contributed by atoms with Gasteiger partial charge in [0.1, 0.15) is 0 Å². The molecule has 3 heteroatoms.